The van der Waals surface area contributed by atoms with Crippen molar-refractivity contribution in [3.8, 4) is 0 Å². The molecule has 1 aliphatic carbocycles. The fourth-order valence-corrected chi connectivity index (χ4v) is 3.43. The first-order chi connectivity index (χ1) is 6.60. The average molecular weight is 210 g/mol. The molecule has 0 saturated heterocycles. The normalized spacial score (nSPS) is 31.6. The third-order valence-electron chi connectivity index (χ3n) is 3.67. The number of nitrogens with zero attached hydrogens (tertiary/aromatic N) is 1. The standard InChI is InChI=1S/C11H18N2S/c1-7-5-6-11(7,12-4)10-13-8(2)9(3)14-10/h7,12H,5-6H2,1-4H3. The van der Waals surface area contributed by atoms with Gasteiger partial charge in [0, 0.05) is 4.88 Å². The number of hydrogen-bond donors (Lipinski definition) is 1. The summed E-state index contributed by atoms with van der Waals surface area (Å²) >= 11 is 1.85. The Kier molecular flexibility index (Phi) is 2.40. The van der Waals surface area contributed by atoms with Crippen LogP contribution in [0.5, 0.6) is 0 Å². The summed E-state index contributed by atoms with van der Waals surface area (Å²) in [4.78, 5) is 6.04. The highest BCUT2D eigenvalue weighted by Gasteiger charge is 2.46. The molecule has 2 unspecified atom stereocenters. The first kappa shape index (κ1) is 10.1. The lowest BCUT2D eigenvalue weighted by Gasteiger charge is -2.46. The summed E-state index contributed by atoms with van der Waals surface area (Å²) in [6.07, 6.45) is 2.55. The summed E-state index contributed by atoms with van der Waals surface area (Å²) in [5, 5.41) is 4.76. The molecule has 78 valence electrons. The van der Waals surface area contributed by atoms with Crippen LogP contribution in [0.15, 0.2) is 0 Å². The number of nitrogens with one attached hydrogen (secondary N) is 1. The van der Waals surface area contributed by atoms with Crippen molar-refractivity contribution in [2.75, 3.05) is 7.05 Å². The molecule has 1 aromatic rings. The van der Waals surface area contributed by atoms with Crippen molar-refractivity contribution < 1.29 is 0 Å². The molecule has 2 nitrogen and oxygen atoms in total. The molecule has 2 rings (SSSR count). The van der Waals surface area contributed by atoms with Crippen molar-refractivity contribution in [1.29, 1.82) is 0 Å². The predicted molar refractivity (Wildman–Crippen MR) is 60.7 cm³/mol. The van der Waals surface area contributed by atoms with Crippen LogP contribution in [0.4, 0.5) is 0 Å². The lowest BCUT2D eigenvalue weighted by atomic mass is 9.68. The Morgan fingerprint density at radius 2 is 2.21 bits per heavy atom. The van der Waals surface area contributed by atoms with Gasteiger partial charge in [-0.2, -0.15) is 0 Å². The molecule has 0 amide bonds. The van der Waals surface area contributed by atoms with Gasteiger partial charge in [0.25, 0.3) is 0 Å². The van der Waals surface area contributed by atoms with Crippen LogP contribution in [-0.2, 0) is 5.54 Å². The second-order valence-corrected chi connectivity index (χ2v) is 5.52. The van der Waals surface area contributed by atoms with Gasteiger partial charge in [0.15, 0.2) is 0 Å². The first-order valence-electron chi connectivity index (χ1n) is 5.23. The van der Waals surface area contributed by atoms with Crippen LogP contribution in [-0.4, -0.2) is 12.0 Å². The fourth-order valence-electron chi connectivity index (χ4n) is 2.18. The number of thiazole rings is 1. The minimum atomic E-state index is 0.184. The Morgan fingerprint density at radius 3 is 2.50 bits per heavy atom. The molecule has 1 aromatic heterocycles. The van der Waals surface area contributed by atoms with Gasteiger partial charge in [-0.3, -0.25) is 0 Å². The Labute approximate surface area is 89.8 Å². The zero-order chi connectivity index (χ0) is 10.3. The van der Waals surface area contributed by atoms with Gasteiger partial charge in [0.05, 0.1) is 11.2 Å². The Bertz CT molecular complexity index is 322. The maximum atomic E-state index is 4.68. The maximum Gasteiger partial charge on any atom is 0.113 e. The van der Waals surface area contributed by atoms with Gasteiger partial charge in [0.1, 0.15) is 5.01 Å². The molecule has 0 spiro atoms. The topological polar surface area (TPSA) is 24.9 Å². The molecular weight excluding hydrogens is 192 g/mol. The first-order valence-corrected chi connectivity index (χ1v) is 6.05. The molecule has 1 saturated carbocycles. The Hall–Kier alpha value is -0.410. The molecule has 1 N–H and O–H groups in total. The lowest BCUT2D eigenvalue weighted by Crippen LogP contribution is -2.52. The minimum absolute atomic E-state index is 0.184. The van der Waals surface area contributed by atoms with E-state index in [1.54, 1.807) is 0 Å². The molecule has 2 atom stereocenters. The van der Waals surface area contributed by atoms with Crippen LogP contribution in [0, 0.1) is 19.8 Å². The van der Waals surface area contributed by atoms with Gasteiger partial charge in [0.2, 0.25) is 0 Å². The van der Waals surface area contributed by atoms with E-state index in [9.17, 15) is 0 Å². The van der Waals surface area contributed by atoms with E-state index < -0.39 is 0 Å². The summed E-state index contributed by atoms with van der Waals surface area (Å²) in [5.41, 5.74) is 1.38. The summed E-state index contributed by atoms with van der Waals surface area (Å²) in [5.74, 6) is 0.720. The second kappa shape index (κ2) is 3.31. The van der Waals surface area contributed by atoms with Gasteiger partial charge >= 0.3 is 0 Å². The third-order valence-corrected chi connectivity index (χ3v) is 4.92. The van der Waals surface area contributed by atoms with Crippen molar-refractivity contribution in [2.24, 2.45) is 5.92 Å². The number of hydrogen-bond acceptors (Lipinski definition) is 3. The molecule has 3 heteroatoms. The molecular formula is C11H18N2S. The summed E-state index contributed by atoms with van der Waals surface area (Å²) in [6.45, 7) is 6.57. The van der Waals surface area contributed by atoms with Crippen LogP contribution in [0.2, 0.25) is 0 Å². The minimum Gasteiger partial charge on any atom is -0.308 e. The summed E-state index contributed by atoms with van der Waals surface area (Å²) in [6, 6.07) is 0. The van der Waals surface area contributed by atoms with Crippen LogP contribution >= 0.6 is 11.3 Å². The smallest absolute Gasteiger partial charge is 0.113 e. The van der Waals surface area contributed by atoms with Crippen molar-refractivity contribution in [2.45, 2.75) is 39.2 Å². The molecule has 0 aromatic carbocycles. The van der Waals surface area contributed by atoms with Crippen molar-refractivity contribution >= 4 is 11.3 Å². The van der Waals surface area contributed by atoms with E-state index in [1.165, 1.54) is 28.4 Å². The molecule has 0 bridgehead atoms. The van der Waals surface area contributed by atoms with Gasteiger partial charge in [-0.25, -0.2) is 4.98 Å². The molecule has 1 aliphatic rings. The Morgan fingerprint density at radius 1 is 1.50 bits per heavy atom. The van der Waals surface area contributed by atoms with E-state index in [-0.39, 0.29) is 5.54 Å². The van der Waals surface area contributed by atoms with Gasteiger partial charge in [-0.15, -0.1) is 11.3 Å². The molecule has 14 heavy (non-hydrogen) atoms. The predicted octanol–water partition coefficient (Wildman–Crippen LogP) is 2.60. The van der Waals surface area contributed by atoms with Gasteiger partial charge in [-0.1, -0.05) is 6.92 Å². The fraction of sp³-hybridized carbons (Fsp3) is 0.727. The van der Waals surface area contributed by atoms with Crippen molar-refractivity contribution in [1.82, 2.24) is 10.3 Å². The summed E-state index contributed by atoms with van der Waals surface area (Å²) in [7, 11) is 2.06. The van der Waals surface area contributed by atoms with E-state index >= 15 is 0 Å². The van der Waals surface area contributed by atoms with E-state index in [0.29, 0.717) is 0 Å². The monoisotopic (exact) mass is 210 g/mol. The number of aryl methyl sites for hydroxylation is 2. The van der Waals surface area contributed by atoms with Gasteiger partial charge in [-0.05, 0) is 39.7 Å². The largest absolute Gasteiger partial charge is 0.308 e. The molecule has 1 fully saturated rings. The average Bonchev–Trinajstić information content (AvgIpc) is 2.46. The zero-order valence-electron chi connectivity index (χ0n) is 9.35. The molecule has 0 aliphatic heterocycles. The van der Waals surface area contributed by atoms with Crippen LogP contribution in [0.3, 0.4) is 0 Å². The summed E-state index contributed by atoms with van der Waals surface area (Å²) < 4.78 is 0. The quantitative estimate of drug-likeness (QED) is 0.811. The van der Waals surface area contributed by atoms with Crippen molar-refractivity contribution in [3.05, 3.63) is 15.6 Å². The lowest BCUT2D eigenvalue weighted by molar-refractivity contribution is 0.104. The van der Waals surface area contributed by atoms with Crippen LogP contribution < -0.4 is 5.32 Å². The van der Waals surface area contributed by atoms with E-state index in [4.69, 9.17) is 0 Å². The highest BCUT2D eigenvalue weighted by Crippen LogP contribution is 2.47. The maximum absolute atomic E-state index is 4.68. The SMILES string of the molecule is CNC1(c2nc(C)c(C)s2)CCC1C. The Balaban J connectivity index is 2.37. The second-order valence-electron chi connectivity index (χ2n) is 4.32. The molecule has 0 radical (unpaired) electrons. The highest BCUT2D eigenvalue weighted by molar-refractivity contribution is 7.11. The van der Waals surface area contributed by atoms with Crippen molar-refractivity contribution in [3.63, 3.8) is 0 Å². The van der Waals surface area contributed by atoms with E-state index in [1.807, 2.05) is 11.3 Å². The van der Waals surface area contributed by atoms with Crippen LogP contribution in [0.25, 0.3) is 0 Å². The van der Waals surface area contributed by atoms with Gasteiger partial charge < -0.3 is 5.32 Å². The molecule has 1 heterocycles. The zero-order valence-corrected chi connectivity index (χ0v) is 10.2. The van der Waals surface area contributed by atoms with E-state index in [0.717, 1.165) is 5.92 Å². The third kappa shape index (κ3) is 1.22. The van der Waals surface area contributed by atoms with Crippen LogP contribution in [0.1, 0.15) is 35.3 Å². The van der Waals surface area contributed by atoms with E-state index in [2.05, 4.69) is 38.1 Å². The number of rotatable bonds is 2. The highest BCUT2D eigenvalue weighted by atomic mass is 32.1. The number of aromatic nitrogens is 1.